The largest absolute Gasteiger partial charge is 0.376 e. The number of aldehydes is 1. The van der Waals surface area contributed by atoms with Crippen molar-refractivity contribution in [1.29, 1.82) is 0 Å². The molecule has 3 rings (SSSR count). The summed E-state index contributed by atoms with van der Waals surface area (Å²) in [6, 6.07) is 1.37. The van der Waals surface area contributed by atoms with Crippen molar-refractivity contribution in [2.45, 2.75) is 44.8 Å². The smallest absolute Gasteiger partial charge is 0.171 e. The topological polar surface area (TPSA) is 69.9 Å². The van der Waals surface area contributed by atoms with Crippen LogP contribution >= 0.6 is 0 Å². The average Bonchev–Trinajstić information content (AvgIpc) is 2.95. The number of ether oxygens (including phenoxy) is 1. The van der Waals surface area contributed by atoms with Gasteiger partial charge in [-0.1, -0.05) is 5.21 Å². The molecule has 2 aromatic heterocycles. The monoisotopic (exact) mass is 304 g/mol. The van der Waals surface area contributed by atoms with Gasteiger partial charge in [0.25, 0.3) is 0 Å². The van der Waals surface area contributed by atoms with Gasteiger partial charge in [-0.2, -0.15) is 0 Å². The summed E-state index contributed by atoms with van der Waals surface area (Å²) in [6.07, 6.45) is 5.28. The first kappa shape index (κ1) is 14.8. The lowest BCUT2D eigenvalue weighted by Gasteiger charge is -2.31. The number of carbonyl (C=O) groups is 1. The molecule has 1 fully saturated rings. The van der Waals surface area contributed by atoms with E-state index in [1.165, 1.54) is 16.9 Å². The summed E-state index contributed by atoms with van der Waals surface area (Å²) >= 11 is 0. The van der Waals surface area contributed by atoms with E-state index >= 15 is 0 Å². The summed E-state index contributed by atoms with van der Waals surface area (Å²) in [5.41, 5.74) is 1.09. The minimum absolute atomic E-state index is 0.0501. The number of pyridine rings is 1. The van der Waals surface area contributed by atoms with Crippen LogP contribution < -0.4 is 0 Å². The molecule has 2 unspecified atom stereocenters. The fourth-order valence-electron chi connectivity index (χ4n) is 2.95. The van der Waals surface area contributed by atoms with Crippen LogP contribution in [0.15, 0.2) is 18.5 Å². The van der Waals surface area contributed by atoms with Crippen molar-refractivity contribution in [3.63, 3.8) is 0 Å². The molecule has 2 aromatic rings. The molecule has 0 bridgehead atoms. The standard InChI is InChI=1S/C15H17FN4O2/c1-9-3-11(4-10(2)22-9)15-14(16)5-13(6-17-15)20-7-12(8-21)18-19-20/h5-11H,3-4H2,1-2H3. The molecule has 116 valence electrons. The zero-order valence-electron chi connectivity index (χ0n) is 12.4. The second kappa shape index (κ2) is 5.92. The number of halogens is 1. The Morgan fingerprint density at radius 3 is 2.68 bits per heavy atom. The van der Waals surface area contributed by atoms with Crippen LogP contribution in [0.2, 0.25) is 0 Å². The van der Waals surface area contributed by atoms with E-state index in [2.05, 4.69) is 15.3 Å². The van der Waals surface area contributed by atoms with Gasteiger partial charge in [-0.3, -0.25) is 9.78 Å². The number of nitrogens with zero attached hydrogens (tertiary/aromatic N) is 4. The predicted molar refractivity (Wildman–Crippen MR) is 76.5 cm³/mol. The number of hydrogen-bond donors (Lipinski definition) is 0. The third-order valence-electron chi connectivity index (χ3n) is 3.84. The Bertz CT molecular complexity index is 678. The summed E-state index contributed by atoms with van der Waals surface area (Å²) in [7, 11) is 0. The van der Waals surface area contributed by atoms with Crippen LogP contribution in [0.1, 0.15) is 48.8 Å². The van der Waals surface area contributed by atoms with Gasteiger partial charge in [0, 0.05) is 12.0 Å². The van der Waals surface area contributed by atoms with Crippen molar-refractivity contribution in [2.24, 2.45) is 0 Å². The number of rotatable bonds is 3. The van der Waals surface area contributed by atoms with Crippen LogP contribution in [0.5, 0.6) is 0 Å². The predicted octanol–water partition coefficient (Wildman–Crippen LogP) is 2.28. The average molecular weight is 304 g/mol. The van der Waals surface area contributed by atoms with Gasteiger partial charge in [0.15, 0.2) is 6.29 Å². The molecule has 0 aliphatic carbocycles. The Balaban J connectivity index is 1.87. The summed E-state index contributed by atoms with van der Waals surface area (Å²) in [6.45, 7) is 3.98. The minimum Gasteiger partial charge on any atom is -0.376 e. The van der Waals surface area contributed by atoms with Crippen LogP contribution in [0.4, 0.5) is 4.39 Å². The van der Waals surface area contributed by atoms with E-state index in [0.717, 1.165) is 12.8 Å². The van der Waals surface area contributed by atoms with E-state index in [1.807, 2.05) is 13.8 Å². The second-order valence-electron chi connectivity index (χ2n) is 5.69. The zero-order valence-corrected chi connectivity index (χ0v) is 12.4. The molecule has 22 heavy (non-hydrogen) atoms. The van der Waals surface area contributed by atoms with Crippen molar-refractivity contribution in [1.82, 2.24) is 20.0 Å². The zero-order chi connectivity index (χ0) is 15.7. The van der Waals surface area contributed by atoms with Gasteiger partial charge in [-0.05, 0) is 26.7 Å². The molecular formula is C15H17FN4O2. The van der Waals surface area contributed by atoms with Crippen LogP contribution in [0.3, 0.4) is 0 Å². The Morgan fingerprint density at radius 2 is 2.09 bits per heavy atom. The van der Waals surface area contributed by atoms with Crippen molar-refractivity contribution in [2.75, 3.05) is 0 Å². The quantitative estimate of drug-likeness (QED) is 0.814. The molecule has 0 saturated carbocycles. The Morgan fingerprint density at radius 1 is 1.36 bits per heavy atom. The fourth-order valence-corrected chi connectivity index (χ4v) is 2.95. The Kier molecular flexibility index (Phi) is 3.98. The van der Waals surface area contributed by atoms with Crippen molar-refractivity contribution < 1.29 is 13.9 Å². The molecule has 0 N–H and O–H groups in total. The van der Waals surface area contributed by atoms with E-state index in [9.17, 15) is 9.18 Å². The summed E-state index contributed by atoms with van der Waals surface area (Å²) in [5.74, 6) is -0.318. The van der Waals surface area contributed by atoms with Gasteiger partial charge >= 0.3 is 0 Å². The maximum Gasteiger partial charge on any atom is 0.171 e. The first-order valence-corrected chi connectivity index (χ1v) is 7.25. The SMILES string of the molecule is CC1CC(c2ncc(-n3cc(C=O)nn3)cc2F)CC(C)O1. The summed E-state index contributed by atoms with van der Waals surface area (Å²) < 4.78 is 21.4. The first-order valence-electron chi connectivity index (χ1n) is 7.25. The van der Waals surface area contributed by atoms with Crippen molar-refractivity contribution >= 4 is 6.29 Å². The van der Waals surface area contributed by atoms with Gasteiger partial charge in [0.2, 0.25) is 0 Å². The molecule has 1 saturated heterocycles. The number of hydrogen-bond acceptors (Lipinski definition) is 5. The van der Waals surface area contributed by atoms with Crippen LogP contribution in [0.25, 0.3) is 5.69 Å². The van der Waals surface area contributed by atoms with Crippen LogP contribution in [0, 0.1) is 5.82 Å². The molecule has 1 aliphatic rings. The van der Waals surface area contributed by atoms with Crippen LogP contribution in [-0.4, -0.2) is 38.5 Å². The van der Waals surface area contributed by atoms with E-state index in [0.29, 0.717) is 17.7 Å². The van der Waals surface area contributed by atoms with Crippen molar-refractivity contribution in [3.05, 3.63) is 35.7 Å². The molecule has 1 aliphatic heterocycles. The van der Waals surface area contributed by atoms with E-state index in [1.54, 1.807) is 6.20 Å². The summed E-state index contributed by atoms with van der Waals surface area (Å²) in [5, 5.41) is 7.42. The third kappa shape index (κ3) is 2.89. The van der Waals surface area contributed by atoms with Gasteiger partial charge in [0.1, 0.15) is 11.5 Å². The molecule has 2 atom stereocenters. The molecule has 0 amide bonds. The lowest BCUT2D eigenvalue weighted by molar-refractivity contribution is -0.0389. The normalized spacial score (nSPS) is 25.1. The third-order valence-corrected chi connectivity index (χ3v) is 3.84. The van der Waals surface area contributed by atoms with E-state index < -0.39 is 0 Å². The number of carbonyl (C=O) groups excluding carboxylic acids is 1. The highest BCUT2D eigenvalue weighted by atomic mass is 19.1. The Labute approximate surface area is 127 Å². The van der Waals surface area contributed by atoms with Gasteiger partial charge in [0.05, 0.1) is 36.0 Å². The summed E-state index contributed by atoms with van der Waals surface area (Å²) in [4.78, 5) is 14.9. The lowest BCUT2D eigenvalue weighted by atomic mass is 9.89. The highest BCUT2D eigenvalue weighted by molar-refractivity contribution is 5.70. The fraction of sp³-hybridized carbons (Fsp3) is 0.467. The van der Waals surface area contributed by atoms with Gasteiger partial charge in [-0.25, -0.2) is 9.07 Å². The lowest BCUT2D eigenvalue weighted by Crippen LogP contribution is -2.29. The molecule has 0 spiro atoms. The van der Waals surface area contributed by atoms with Gasteiger partial charge in [-0.15, -0.1) is 5.10 Å². The van der Waals surface area contributed by atoms with Crippen molar-refractivity contribution in [3.8, 4) is 5.69 Å². The van der Waals surface area contributed by atoms with Crippen LogP contribution in [-0.2, 0) is 4.74 Å². The molecule has 0 aromatic carbocycles. The highest BCUT2D eigenvalue weighted by Gasteiger charge is 2.28. The molecular weight excluding hydrogens is 287 g/mol. The maximum atomic E-state index is 14.4. The minimum atomic E-state index is -0.369. The second-order valence-corrected chi connectivity index (χ2v) is 5.69. The van der Waals surface area contributed by atoms with E-state index in [-0.39, 0.29) is 29.6 Å². The molecule has 7 heteroatoms. The number of aromatic nitrogens is 4. The first-order chi connectivity index (χ1) is 10.6. The van der Waals surface area contributed by atoms with E-state index in [4.69, 9.17) is 4.74 Å². The molecule has 0 radical (unpaired) electrons. The Hall–Kier alpha value is -2.15. The molecule has 3 heterocycles. The van der Waals surface area contributed by atoms with Gasteiger partial charge < -0.3 is 4.74 Å². The maximum absolute atomic E-state index is 14.4. The highest BCUT2D eigenvalue weighted by Crippen LogP contribution is 2.33. The molecule has 6 nitrogen and oxygen atoms in total.